The van der Waals surface area contributed by atoms with Crippen LogP contribution >= 0.6 is 0 Å². The molecular weight excluding hydrogens is 254 g/mol. The van der Waals surface area contributed by atoms with Gasteiger partial charge < -0.3 is 15.2 Å². The molecule has 1 unspecified atom stereocenters. The molecule has 0 fully saturated rings. The smallest absolute Gasteiger partial charge is 0.244 e. The fourth-order valence-corrected chi connectivity index (χ4v) is 1.48. The molecule has 4 heteroatoms. The molecule has 1 aromatic carbocycles. The van der Waals surface area contributed by atoms with Gasteiger partial charge in [0.25, 0.3) is 0 Å². The van der Waals surface area contributed by atoms with Gasteiger partial charge in [-0.3, -0.25) is 4.79 Å². The average molecular weight is 277 g/mol. The van der Waals surface area contributed by atoms with Crippen LogP contribution in [0.25, 0.3) is 6.08 Å². The molecule has 0 saturated heterocycles. The predicted octanol–water partition coefficient (Wildman–Crippen LogP) is 2.38. The van der Waals surface area contributed by atoms with Crippen molar-refractivity contribution in [2.24, 2.45) is 0 Å². The molecule has 0 spiro atoms. The van der Waals surface area contributed by atoms with Crippen LogP contribution in [0.3, 0.4) is 0 Å². The summed E-state index contributed by atoms with van der Waals surface area (Å²) in [6, 6.07) is 7.50. The van der Waals surface area contributed by atoms with Crippen molar-refractivity contribution in [1.82, 2.24) is 5.32 Å². The van der Waals surface area contributed by atoms with Gasteiger partial charge in [0.2, 0.25) is 5.91 Å². The minimum Gasteiger partial charge on any atom is -0.494 e. The van der Waals surface area contributed by atoms with Crippen molar-refractivity contribution >= 4 is 12.0 Å². The Balaban J connectivity index is 2.48. The molecule has 0 radical (unpaired) electrons. The Morgan fingerprint density at radius 1 is 1.35 bits per heavy atom. The number of ether oxygens (including phenoxy) is 1. The van der Waals surface area contributed by atoms with Crippen LogP contribution in [0.2, 0.25) is 0 Å². The molecule has 0 aliphatic heterocycles. The maximum absolute atomic E-state index is 11.6. The number of nitrogens with one attached hydrogen (secondary N) is 1. The van der Waals surface area contributed by atoms with E-state index in [4.69, 9.17) is 4.74 Å². The first-order valence-corrected chi connectivity index (χ1v) is 6.88. The SMILES string of the molecule is CCOc1ccc(C=CC(=O)NCC(C)(O)CC)cc1. The van der Waals surface area contributed by atoms with Crippen LogP contribution < -0.4 is 10.1 Å². The number of hydrogen-bond acceptors (Lipinski definition) is 3. The fraction of sp³-hybridized carbons (Fsp3) is 0.438. The normalized spacial score (nSPS) is 14.0. The van der Waals surface area contributed by atoms with E-state index in [1.54, 1.807) is 13.0 Å². The van der Waals surface area contributed by atoms with E-state index in [9.17, 15) is 9.90 Å². The molecule has 0 saturated carbocycles. The number of amides is 1. The number of aliphatic hydroxyl groups is 1. The van der Waals surface area contributed by atoms with Gasteiger partial charge in [0, 0.05) is 12.6 Å². The Kier molecular flexibility index (Phi) is 6.25. The minimum absolute atomic E-state index is 0.215. The lowest BCUT2D eigenvalue weighted by atomic mass is 10.0. The topological polar surface area (TPSA) is 58.6 Å². The molecule has 0 aromatic heterocycles. The first-order valence-electron chi connectivity index (χ1n) is 6.88. The minimum atomic E-state index is -0.858. The highest BCUT2D eigenvalue weighted by molar-refractivity contribution is 5.91. The van der Waals surface area contributed by atoms with Crippen molar-refractivity contribution in [1.29, 1.82) is 0 Å². The zero-order valence-electron chi connectivity index (χ0n) is 12.3. The van der Waals surface area contributed by atoms with E-state index in [-0.39, 0.29) is 12.5 Å². The number of rotatable bonds is 7. The van der Waals surface area contributed by atoms with Gasteiger partial charge in [-0.25, -0.2) is 0 Å². The molecular formula is C16H23NO3. The molecule has 1 rings (SSSR count). The van der Waals surface area contributed by atoms with E-state index in [1.807, 2.05) is 38.1 Å². The molecule has 0 bridgehead atoms. The standard InChI is InChI=1S/C16H23NO3/c1-4-16(3,19)12-17-15(18)11-8-13-6-9-14(10-7-13)20-5-2/h6-11,19H,4-5,12H2,1-3H3,(H,17,18). The molecule has 0 heterocycles. The molecule has 1 amide bonds. The van der Waals surface area contributed by atoms with Crippen molar-refractivity contribution in [3.8, 4) is 5.75 Å². The first kappa shape index (κ1) is 16.2. The van der Waals surface area contributed by atoms with Crippen LogP contribution in [0.5, 0.6) is 5.75 Å². The number of hydrogen-bond donors (Lipinski definition) is 2. The summed E-state index contributed by atoms with van der Waals surface area (Å²) in [5.74, 6) is 0.598. The van der Waals surface area contributed by atoms with E-state index >= 15 is 0 Å². The van der Waals surface area contributed by atoms with E-state index < -0.39 is 5.60 Å². The maximum atomic E-state index is 11.6. The summed E-state index contributed by atoms with van der Waals surface area (Å²) in [5.41, 5.74) is 0.0636. The van der Waals surface area contributed by atoms with Crippen LogP contribution in [0, 0.1) is 0 Å². The zero-order chi connectivity index (χ0) is 15.0. The summed E-state index contributed by atoms with van der Waals surface area (Å²) in [7, 11) is 0. The second-order valence-electron chi connectivity index (χ2n) is 4.90. The van der Waals surface area contributed by atoms with Crippen molar-refractivity contribution in [2.75, 3.05) is 13.2 Å². The van der Waals surface area contributed by atoms with Crippen LogP contribution in [-0.4, -0.2) is 29.8 Å². The lowest BCUT2D eigenvalue weighted by Crippen LogP contribution is -2.39. The van der Waals surface area contributed by atoms with Crippen LogP contribution in [0.4, 0.5) is 0 Å². The summed E-state index contributed by atoms with van der Waals surface area (Å²) in [5, 5.41) is 12.5. The van der Waals surface area contributed by atoms with Crippen molar-refractivity contribution in [3.63, 3.8) is 0 Å². The molecule has 0 aliphatic rings. The largest absolute Gasteiger partial charge is 0.494 e. The first-order chi connectivity index (χ1) is 9.46. The van der Waals surface area contributed by atoms with Gasteiger partial charge in [-0.2, -0.15) is 0 Å². The van der Waals surface area contributed by atoms with E-state index in [1.165, 1.54) is 6.08 Å². The maximum Gasteiger partial charge on any atom is 0.244 e. The molecule has 110 valence electrons. The monoisotopic (exact) mass is 277 g/mol. The van der Waals surface area contributed by atoms with Crippen LogP contribution in [0.15, 0.2) is 30.3 Å². The molecule has 0 aliphatic carbocycles. The van der Waals surface area contributed by atoms with E-state index in [0.717, 1.165) is 11.3 Å². The predicted molar refractivity (Wildman–Crippen MR) is 80.6 cm³/mol. The summed E-state index contributed by atoms with van der Waals surface area (Å²) >= 11 is 0. The highest BCUT2D eigenvalue weighted by atomic mass is 16.5. The highest BCUT2D eigenvalue weighted by Gasteiger charge is 2.17. The summed E-state index contributed by atoms with van der Waals surface area (Å²) in [6.45, 7) is 6.39. The Labute approximate surface area is 120 Å². The molecule has 20 heavy (non-hydrogen) atoms. The summed E-state index contributed by atoms with van der Waals surface area (Å²) in [4.78, 5) is 11.6. The van der Waals surface area contributed by atoms with Crippen molar-refractivity contribution < 1.29 is 14.6 Å². The second-order valence-corrected chi connectivity index (χ2v) is 4.90. The van der Waals surface area contributed by atoms with Gasteiger partial charge in [-0.05, 0) is 44.0 Å². The zero-order valence-corrected chi connectivity index (χ0v) is 12.3. The second kappa shape index (κ2) is 7.70. The van der Waals surface area contributed by atoms with Gasteiger partial charge in [-0.15, -0.1) is 0 Å². The Hall–Kier alpha value is -1.81. The van der Waals surface area contributed by atoms with Crippen molar-refractivity contribution in [2.45, 2.75) is 32.8 Å². The highest BCUT2D eigenvalue weighted by Crippen LogP contribution is 2.13. The van der Waals surface area contributed by atoms with Crippen LogP contribution in [-0.2, 0) is 4.79 Å². The Bertz CT molecular complexity index is 449. The molecule has 2 N–H and O–H groups in total. The number of benzene rings is 1. The van der Waals surface area contributed by atoms with E-state index in [2.05, 4.69) is 5.32 Å². The van der Waals surface area contributed by atoms with Gasteiger partial charge in [0.15, 0.2) is 0 Å². The third-order valence-electron chi connectivity index (χ3n) is 3.02. The van der Waals surface area contributed by atoms with Crippen LogP contribution in [0.1, 0.15) is 32.8 Å². The number of carbonyl (C=O) groups excluding carboxylic acids is 1. The summed E-state index contributed by atoms with van der Waals surface area (Å²) in [6.07, 6.45) is 3.78. The molecule has 4 nitrogen and oxygen atoms in total. The molecule has 1 aromatic rings. The average Bonchev–Trinajstić information content (AvgIpc) is 2.45. The Morgan fingerprint density at radius 3 is 2.55 bits per heavy atom. The third kappa shape index (κ3) is 5.89. The summed E-state index contributed by atoms with van der Waals surface area (Å²) < 4.78 is 5.34. The van der Waals surface area contributed by atoms with Gasteiger partial charge in [0.05, 0.1) is 12.2 Å². The quantitative estimate of drug-likeness (QED) is 0.752. The lowest BCUT2D eigenvalue weighted by Gasteiger charge is -2.20. The van der Waals surface area contributed by atoms with Gasteiger partial charge in [-0.1, -0.05) is 19.1 Å². The van der Waals surface area contributed by atoms with Gasteiger partial charge >= 0.3 is 0 Å². The molecule has 1 atom stereocenters. The van der Waals surface area contributed by atoms with E-state index in [0.29, 0.717) is 13.0 Å². The third-order valence-corrected chi connectivity index (χ3v) is 3.02. The van der Waals surface area contributed by atoms with Gasteiger partial charge in [0.1, 0.15) is 5.75 Å². The van der Waals surface area contributed by atoms with Crippen molar-refractivity contribution in [3.05, 3.63) is 35.9 Å². The lowest BCUT2D eigenvalue weighted by molar-refractivity contribution is -0.117. The Morgan fingerprint density at radius 2 is 2.00 bits per heavy atom. The number of carbonyl (C=O) groups is 1. The fourth-order valence-electron chi connectivity index (χ4n) is 1.48.